The van der Waals surface area contributed by atoms with E-state index in [4.69, 9.17) is 21.3 Å². The summed E-state index contributed by atoms with van der Waals surface area (Å²) in [6, 6.07) is 11.1. The van der Waals surface area contributed by atoms with Crippen molar-refractivity contribution in [1.29, 1.82) is 0 Å². The molecule has 0 amide bonds. The Morgan fingerprint density at radius 2 is 2.00 bits per heavy atom. The maximum atomic E-state index is 6.24. The van der Waals surface area contributed by atoms with Crippen molar-refractivity contribution in [2.75, 3.05) is 9.80 Å². The molecule has 5 rings (SSSR count). The molecule has 0 spiro atoms. The van der Waals surface area contributed by atoms with E-state index in [1.165, 1.54) is 5.56 Å². The molecule has 3 heterocycles. The monoisotopic (exact) mass is 437 g/mol. The number of halogens is 1. The van der Waals surface area contributed by atoms with Gasteiger partial charge in [-0.1, -0.05) is 43.3 Å². The van der Waals surface area contributed by atoms with Crippen molar-refractivity contribution in [3.63, 3.8) is 0 Å². The Hall–Kier alpha value is -2.44. The lowest BCUT2D eigenvalue weighted by atomic mass is 9.85. The average molecular weight is 438 g/mol. The number of benzene rings is 1. The summed E-state index contributed by atoms with van der Waals surface area (Å²) in [7, 11) is 0. The van der Waals surface area contributed by atoms with Crippen molar-refractivity contribution < 1.29 is 4.74 Å². The van der Waals surface area contributed by atoms with E-state index < -0.39 is 0 Å². The third-order valence-corrected chi connectivity index (χ3v) is 6.55. The van der Waals surface area contributed by atoms with E-state index in [2.05, 4.69) is 70.2 Å². The summed E-state index contributed by atoms with van der Waals surface area (Å²) in [6.45, 7) is 5.04. The molecule has 0 N–H and O–H groups in total. The van der Waals surface area contributed by atoms with Crippen LogP contribution >= 0.6 is 11.6 Å². The number of aromatic nitrogens is 2. The van der Waals surface area contributed by atoms with Gasteiger partial charge in [0, 0.05) is 12.2 Å². The Balaban J connectivity index is 1.40. The molecular weight excluding hydrogens is 410 g/mol. The smallest absolute Gasteiger partial charge is 0.224 e. The fourth-order valence-corrected chi connectivity index (χ4v) is 4.83. The molecular formula is C24H28ClN5O. The van der Waals surface area contributed by atoms with Gasteiger partial charge in [0.2, 0.25) is 5.28 Å². The molecule has 1 saturated carbocycles. The van der Waals surface area contributed by atoms with E-state index in [1.54, 1.807) is 0 Å². The highest BCUT2D eigenvalue weighted by Crippen LogP contribution is 2.43. The fourth-order valence-electron chi connectivity index (χ4n) is 4.70. The second-order valence-corrected chi connectivity index (χ2v) is 8.89. The Morgan fingerprint density at radius 3 is 2.77 bits per heavy atom. The van der Waals surface area contributed by atoms with Crippen molar-refractivity contribution in [1.82, 2.24) is 9.97 Å². The van der Waals surface area contributed by atoms with Gasteiger partial charge in [0.25, 0.3) is 0 Å². The molecule has 6 nitrogen and oxygen atoms in total. The molecule has 31 heavy (non-hydrogen) atoms. The first-order valence-corrected chi connectivity index (χ1v) is 11.5. The third kappa shape index (κ3) is 3.94. The zero-order valence-corrected chi connectivity index (χ0v) is 18.7. The normalized spacial score (nSPS) is 27.1. The van der Waals surface area contributed by atoms with Crippen molar-refractivity contribution in [2.24, 2.45) is 4.99 Å². The van der Waals surface area contributed by atoms with E-state index in [9.17, 15) is 0 Å². The van der Waals surface area contributed by atoms with Gasteiger partial charge in [-0.15, -0.1) is 0 Å². The van der Waals surface area contributed by atoms with Crippen molar-refractivity contribution in [3.05, 3.63) is 59.7 Å². The van der Waals surface area contributed by atoms with Gasteiger partial charge in [-0.05, 0) is 49.8 Å². The van der Waals surface area contributed by atoms with Gasteiger partial charge in [0.15, 0.2) is 5.82 Å². The Morgan fingerprint density at radius 1 is 1.19 bits per heavy atom. The van der Waals surface area contributed by atoms with Crippen LogP contribution in [-0.2, 0) is 11.3 Å². The van der Waals surface area contributed by atoms with Crippen LogP contribution in [0.5, 0.6) is 0 Å². The Labute approximate surface area is 188 Å². The number of anilines is 2. The van der Waals surface area contributed by atoms with Crippen LogP contribution in [0.3, 0.4) is 0 Å². The fraction of sp³-hybridized carbons (Fsp3) is 0.458. The molecule has 1 fully saturated rings. The van der Waals surface area contributed by atoms with E-state index in [0.717, 1.165) is 43.0 Å². The van der Waals surface area contributed by atoms with Gasteiger partial charge in [0.1, 0.15) is 11.5 Å². The van der Waals surface area contributed by atoms with Crippen molar-refractivity contribution >= 4 is 28.9 Å². The zero-order valence-electron chi connectivity index (χ0n) is 18.0. The van der Waals surface area contributed by atoms with Gasteiger partial charge >= 0.3 is 0 Å². The molecule has 0 saturated heterocycles. The average Bonchev–Trinajstić information content (AvgIpc) is 2.94. The quantitative estimate of drug-likeness (QED) is 0.617. The maximum absolute atomic E-state index is 6.24. The summed E-state index contributed by atoms with van der Waals surface area (Å²) in [5, 5.41) is 0.280. The highest BCUT2D eigenvalue weighted by atomic mass is 35.5. The third-order valence-electron chi connectivity index (χ3n) is 6.37. The molecule has 2 unspecified atom stereocenters. The topological polar surface area (TPSA) is 53.9 Å². The second-order valence-electron chi connectivity index (χ2n) is 8.55. The SMILES string of the molecule is CCC1C2=NC(C)CC=CN2c2cnc(Cl)nc2N1C1CC(OCc2ccccc2)C1. The molecule has 162 valence electrons. The minimum Gasteiger partial charge on any atom is -0.373 e. The Kier molecular flexibility index (Phi) is 5.67. The predicted molar refractivity (Wildman–Crippen MR) is 125 cm³/mol. The number of aliphatic imine (C=N–C) groups is 1. The van der Waals surface area contributed by atoms with Crippen LogP contribution in [0.15, 0.2) is 53.8 Å². The van der Waals surface area contributed by atoms with E-state index in [0.29, 0.717) is 12.6 Å². The molecule has 1 aromatic carbocycles. The van der Waals surface area contributed by atoms with Gasteiger partial charge in [-0.25, -0.2) is 4.98 Å². The van der Waals surface area contributed by atoms with Crippen LogP contribution in [-0.4, -0.2) is 40.0 Å². The summed E-state index contributed by atoms with van der Waals surface area (Å²) in [6.07, 6.45) is 10.2. The lowest BCUT2D eigenvalue weighted by Crippen LogP contribution is -2.60. The van der Waals surface area contributed by atoms with E-state index >= 15 is 0 Å². The summed E-state index contributed by atoms with van der Waals surface area (Å²) < 4.78 is 6.17. The summed E-state index contributed by atoms with van der Waals surface area (Å²) in [4.78, 5) is 18.6. The highest BCUT2D eigenvalue weighted by Gasteiger charge is 2.45. The standard InChI is InChI=1S/C24H28ClN5O/c1-3-20-22-27-16(2)8-7-11-29(22)21-14-26-24(25)28-23(21)30(20)18-12-19(13-18)31-15-17-9-5-4-6-10-17/h4-7,9-11,14,16,18-20H,3,8,12-13,15H2,1-2H3. The number of ether oxygens (including phenoxy) is 1. The second kappa shape index (κ2) is 8.60. The molecule has 7 heteroatoms. The molecule has 1 aromatic heterocycles. The zero-order chi connectivity index (χ0) is 21.4. The van der Waals surface area contributed by atoms with Gasteiger partial charge in [-0.3, -0.25) is 9.89 Å². The summed E-state index contributed by atoms with van der Waals surface area (Å²) in [5.41, 5.74) is 2.16. The van der Waals surface area contributed by atoms with E-state index in [-0.39, 0.29) is 23.5 Å². The van der Waals surface area contributed by atoms with Crippen LogP contribution in [0, 0.1) is 0 Å². The van der Waals surface area contributed by atoms with Gasteiger partial charge in [-0.2, -0.15) is 4.98 Å². The highest BCUT2D eigenvalue weighted by molar-refractivity contribution is 6.28. The number of nitrogens with zero attached hydrogens (tertiary/aromatic N) is 5. The van der Waals surface area contributed by atoms with Crippen LogP contribution < -0.4 is 9.80 Å². The number of hydrogen-bond acceptors (Lipinski definition) is 6. The number of rotatable bonds is 5. The van der Waals surface area contributed by atoms with Crippen LogP contribution in [0.2, 0.25) is 5.28 Å². The maximum Gasteiger partial charge on any atom is 0.224 e. The Bertz CT molecular complexity index is 989. The van der Waals surface area contributed by atoms with Crippen LogP contribution in [0.1, 0.15) is 45.1 Å². The molecule has 2 atom stereocenters. The van der Waals surface area contributed by atoms with E-state index in [1.807, 2.05) is 12.3 Å². The molecule has 3 aliphatic rings. The molecule has 2 aromatic rings. The number of hydrogen-bond donors (Lipinski definition) is 0. The first-order chi connectivity index (χ1) is 15.1. The predicted octanol–water partition coefficient (Wildman–Crippen LogP) is 4.99. The molecule has 0 radical (unpaired) electrons. The molecule has 0 bridgehead atoms. The first kappa shape index (κ1) is 20.5. The minimum atomic E-state index is 0.156. The van der Waals surface area contributed by atoms with Crippen LogP contribution in [0.25, 0.3) is 0 Å². The first-order valence-electron chi connectivity index (χ1n) is 11.1. The van der Waals surface area contributed by atoms with Gasteiger partial charge in [0.05, 0.1) is 31.0 Å². The molecule has 1 aliphatic carbocycles. The summed E-state index contributed by atoms with van der Waals surface area (Å²) >= 11 is 6.24. The van der Waals surface area contributed by atoms with Crippen LogP contribution in [0.4, 0.5) is 11.5 Å². The van der Waals surface area contributed by atoms with Crippen molar-refractivity contribution in [2.45, 2.75) is 70.4 Å². The lowest BCUT2D eigenvalue weighted by molar-refractivity contribution is -0.0214. The van der Waals surface area contributed by atoms with Gasteiger partial charge < -0.3 is 9.64 Å². The lowest BCUT2D eigenvalue weighted by Gasteiger charge is -2.51. The largest absolute Gasteiger partial charge is 0.373 e. The molecule has 2 aliphatic heterocycles. The van der Waals surface area contributed by atoms with Crippen molar-refractivity contribution in [3.8, 4) is 0 Å². The number of amidine groups is 1. The number of fused-ring (bicyclic) bond motifs is 3. The summed E-state index contributed by atoms with van der Waals surface area (Å²) in [5.74, 6) is 1.98. The minimum absolute atomic E-state index is 0.156.